The molecular weight excluding hydrogens is 234 g/mol. The Bertz CT molecular complexity index is 515. The zero-order valence-electron chi connectivity index (χ0n) is 12.3. The fraction of sp³-hybridized carbons (Fsp3) is 0.529. The lowest BCUT2D eigenvalue weighted by atomic mass is 10.1. The van der Waals surface area contributed by atoms with E-state index in [1.165, 1.54) is 36.6 Å². The van der Waals surface area contributed by atoms with Crippen LogP contribution in [0.3, 0.4) is 0 Å². The van der Waals surface area contributed by atoms with Gasteiger partial charge in [0.15, 0.2) is 0 Å². The Balaban J connectivity index is 2.10. The average molecular weight is 259 g/mol. The van der Waals surface area contributed by atoms with E-state index < -0.39 is 0 Å². The summed E-state index contributed by atoms with van der Waals surface area (Å²) in [4.78, 5) is 0. The van der Waals surface area contributed by atoms with Crippen LogP contribution in [0.2, 0.25) is 0 Å². The molecule has 1 heterocycles. The number of aryl methyl sites for hydroxylation is 1. The number of fused-ring (bicyclic) bond motifs is 1. The first kappa shape index (κ1) is 14.1. The Morgan fingerprint density at radius 2 is 2.05 bits per heavy atom. The molecule has 1 unspecified atom stereocenters. The summed E-state index contributed by atoms with van der Waals surface area (Å²) in [5.41, 5.74) is 2.25. The van der Waals surface area contributed by atoms with Gasteiger partial charge in [-0.2, -0.15) is 0 Å². The lowest BCUT2D eigenvalue weighted by Gasteiger charge is -2.13. The summed E-state index contributed by atoms with van der Waals surface area (Å²) in [5, 5.41) is 4.59. The van der Waals surface area contributed by atoms with Crippen molar-refractivity contribution in [3.63, 3.8) is 0 Å². The Labute approximate surface area is 116 Å². The molecule has 0 saturated heterocycles. The number of rotatable bonds is 7. The standard InChI is InChI=1S/C17H25NO/c1-4-5-6-7-11-15(18-3)16-12-14-10-8-9-13(2)17(14)19-16/h8-10,12,15,18H,4-7,11H2,1-3H3. The average Bonchev–Trinajstić information content (AvgIpc) is 2.84. The van der Waals surface area contributed by atoms with Crippen molar-refractivity contribution in [2.75, 3.05) is 7.05 Å². The largest absolute Gasteiger partial charge is 0.459 e. The summed E-state index contributed by atoms with van der Waals surface area (Å²) in [6.07, 6.45) is 6.34. The number of para-hydroxylation sites is 1. The maximum Gasteiger partial charge on any atom is 0.137 e. The highest BCUT2D eigenvalue weighted by Crippen LogP contribution is 2.28. The Morgan fingerprint density at radius 3 is 2.74 bits per heavy atom. The van der Waals surface area contributed by atoms with E-state index in [1.807, 2.05) is 7.05 Å². The van der Waals surface area contributed by atoms with E-state index in [0.29, 0.717) is 6.04 Å². The van der Waals surface area contributed by atoms with Crippen LogP contribution in [0.4, 0.5) is 0 Å². The zero-order chi connectivity index (χ0) is 13.7. The summed E-state index contributed by atoms with van der Waals surface area (Å²) < 4.78 is 6.05. The second-order valence-electron chi connectivity index (χ2n) is 5.33. The third kappa shape index (κ3) is 3.38. The molecule has 0 bridgehead atoms. The van der Waals surface area contributed by atoms with Gasteiger partial charge in [-0.05, 0) is 32.0 Å². The number of hydrogen-bond acceptors (Lipinski definition) is 2. The van der Waals surface area contributed by atoms with E-state index in [9.17, 15) is 0 Å². The number of unbranched alkanes of at least 4 members (excludes halogenated alkanes) is 3. The van der Waals surface area contributed by atoms with Crippen molar-refractivity contribution in [1.82, 2.24) is 5.32 Å². The number of furan rings is 1. The maximum atomic E-state index is 6.05. The highest BCUT2D eigenvalue weighted by molar-refractivity contribution is 5.80. The molecule has 0 aliphatic heterocycles. The van der Waals surface area contributed by atoms with Crippen LogP contribution in [0.15, 0.2) is 28.7 Å². The second-order valence-corrected chi connectivity index (χ2v) is 5.33. The Hall–Kier alpha value is -1.28. The van der Waals surface area contributed by atoms with Gasteiger partial charge < -0.3 is 9.73 Å². The van der Waals surface area contributed by atoms with Crippen molar-refractivity contribution in [2.45, 2.75) is 52.0 Å². The minimum absolute atomic E-state index is 0.337. The molecule has 2 heteroatoms. The molecule has 0 amide bonds. The van der Waals surface area contributed by atoms with Gasteiger partial charge in [-0.15, -0.1) is 0 Å². The highest BCUT2D eigenvalue weighted by atomic mass is 16.3. The number of benzene rings is 1. The lowest BCUT2D eigenvalue weighted by molar-refractivity contribution is 0.417. The van der Waals surface area contributed by atoms with Gasteiger partial charge in [0.1, 0.15) is 11.3 Å². The van der Waals surface area contributed by atoms with Crippen LogP contribution in [-0.4, -0.2) is 7.05 Å². The highest BCUT2D eigenvalue weighted by Gasteiger charge is 2.14. The van der Waals surface area contributed by atoms with Gasteiger partial charge in [-0.3, -0.25) is 0 Å². The van der Waals surface area contributed by atoms with Crippen molar-refractivity contribution in [3.05, 3.63) is 35.6 Å². The van der Waals surface area contributed by atoms with Gasteiger partial charge in [0.2, 0.25) is 0 Å². The van der Waals surface area contributed by atoms with Gasteiger partial charge in [0, 0.05) is 5.39 Å². The minimum Gasteiger partial charge on any atom is -0.459 e. The third-order valence-corrected chi connectivity index (χ3v) is 3.80. The topological polar surface area (TPSA) is 25.2 Å². The molecule has 0 aliphatic rings. The molecule has 104 valence electrons. The lowest BCUT2D eigenvalue weighted by Crippen LogP contribution is -2.15. The Morgan fingerprint density at radius 1 is 1.21 bits per heavy atom. The van der Waals surface area contributed by atoms with Crippen molar-refractivity contribution >= 4 is 11.0 Å². The monoisotopic (exact) mass is 259 g/mol. The molecule has 1 atom stereocenters. The molecule has 0 radical (unpaired) electrons. The summed E-state index contributed by atoms with van der Waals surface area (Å²) in [5.74, 6) is 1.07. The van der Waals surface area contributed by atoms with Crippen molar-refractivity contribution in [1.29, 1.82) is 0 Å². The molecule has 19 heavy (non-hydrogen) atoms. The van der Waals surface area contributed by atoms with E-state index in [1.54, 1.807) is 0 Å². The molecule has 0 saturated carbocycles. The molecule has 2 aromatic rings. The van der Waals surface area contributed by atoms with Crippen molar-refractivity contribution < 1.29 is 4.42 Å². The van der Waals surface area contributed by atoms with Crippen LogP contribution in [0.25, 0.3) is 11.0 Å². The molecular formula is C17H25NO. The Kier molecular flexibility index (Phi) is 5.03. The van der Waals surface area contributed by atoms with Gasteiger partial charge in [-0.1, -0.05) is 50.8 Å². The van der Waals surface area contributed by atoms with Crippen LogP contribution >= 0.6 is 0 Å². The van der Waals surface area contributed by atoms with Crippen LogP contribution < -0.4 is 5.32 Å². The minimum atomic E-state index is 0.337. The van der Waals surface area contributed by atoms with E-state index in [4.69, 9.17) is 4.42 Å². The third-order valence-electron chi connectivity index (χ3n) is 3.80. The fourth-order valence-electron chi connectivity index (χ4n) is 2.60. The van der Waals surface area contributed by atoms with Crippen molar-refractivity contribution in [3.8, 4) is 0 Å². The van der Waals surface area contributed by atoms with Gasteiger partial charge in [0.25, 0.3) is 0 Å². The smallest absolute Gasteiger partial charge is 0.137 e. The first-order valence-electron chi connectivity index (χ1n) is 7.42. The van der Waals surface area contributed by atoms with Crippen LogP contribution in [0.5, 0.6) is 0 Å². The fourth-order valence-corrected chi connectivity index (χ4v) is 2.60. The number of hydrogen-bond donors (Lipinski definition) is 1. The molecule has 0 fully saturated rings. The summed E-state index contributed by atoms with van der Waals surface area (Å²) in [7, 11) is 2.02. The van der Waals surface area contributed by atoms with E-state index >= 15 is 0 Å². The predicted molar refractivity (Wildman–Crippen MR) is 81.5 cm³/mol. The van der Waals surface area contributed by atoms with Crippen LogP contribution in [0, 0.1) is 6.92 Å². The van der Waals surface area contributed by atoms with Gasteiger partial charge in [-0.25, -0.2) is 0 Å². The zero-order valence-corrected chi connectivity index (χ0v) is 12.3. The van der Waals surface area contributed by atoms with E-state index in [2.05, 4.69) is 43.4 Å². The molecule has 1 N–H and O–H groups in total. The molecule has 2 nitrogen and oxygen atoms in total. The molecule has 1 aromatic heterocycles. The van der Waals surface area contributed by atoms with E-state index in [0.717, 1.165) is 17.8 Å². The van der Waals surface area contributed by atoms with Gasteiger partial charge in [0.05, 0.1) is 6.04 Å². The SMILES string of the molecule is CCCCCCC(NC)c1cc2cccc(C)c2o1. The predicted octanol–water partition coefficient (Wildman–Crippen LogP) is 4.97. The summed E-state index contributed by atoms with van der Waals surface area (Å²) in [6.45, 7) is 4.35. The van der Waals surface area contributed by atoms with Crippen LogP contribution in [-0.2, 0) is 0 Å². The number of nitrogens with one attached hydrogen (secondary N) is 1. The summed E-state index contributed by atoms with van der Waals surface area (Å²) >= 11 is 0. The molecule has 0 aliphatic carbocycles. The van der Waals surface area contributed by atoms with Crippen LogP contribution in [0.1, 0.15) is 56.4 Å². The maximum absolute atomic E-state index is 6.05. The first-order valence-corrected chi connectivity index (χ1v) is 7.42. The molecule has 0 spiro atoms. The second kappa shape index (κ2) is 6.76. The quantitative estimate of drug-likeness (QED) is 0.710. The first-order chi connectivity index (χ1) is 9.26. The molecule has 2 rings (SSSR count). The summed E-state index contributed by atoms with van der Waals surface area (Å²) in [6, 6.07) is 8.84. The normalized spacial score (nSPS) is 13.0. The van der Waals surface area contributed by atoms with Gasteiger partial charge >= 0.3 is 0 Å². The van der Waals surface area contributed by atoms with Crippen molar-refractivity contribution in [2.24, 2.45) is 0 Å². The molecule has 1 aromatic carbocycles. The van der Waals surface area contributed by atoms with E-state index in [-0.39, 0.29) is 0 Å².